The fourth-order valence-corrected chi connectivity index (χ4v) is 3.16. The highest BCUT2D eigenvalue weighted by molar-refractivity contribution is 8.07. The standard InChI is InChI=1S/C12H11N2O3PS2/c1-15-18(19,16-2)17-12-10(8-13)11(20-14-12)9-6-4-3-5-7-9/h3-7H,1-2H3. The van der Waals surface area contributed by atoms with E-state index in [1.54, 1.807) is 0 Å². The van der Waals surface area contributed by atoms with Gasteiger partial charge in [0, 0.05) is 26.0 Å². The summed E-state index contributed by atoms with van der Waals surface area (Å²) in [5.41, 5.74) is 1.24. The fourth-order valence-electron chi connectivity index (χ4n) is 1.48. The molecule has 1 aromatic carbocycles. The van der Waals surface area contributed by atoms with Crippen molar-refractivity contribution < 1.29 is 13.6 Å². The molecule has 0 unspecified atom stereocenters. The third-order valence-corrected chi connectivity index (χ3v) is 5.74. The Morgan fingerprint density at radius 2 is 1.90 bits per heavy atom. The van der Waals surface area contributed by atoms with E-state index >= 15 is 0 Å². The first-order valence-electron chi connectivity index (χ1n) is 5.50. The molecule has 0 fully saturated rings. The predicted molar refractivity (Wildman–Crippen MR) is 81.2 cm³/mol. The van der Waals surface area contributed by atoms with E-state index in [-0.39, 0.29) is 5.88 Å². The van der Waals surface area contributed by atoms with Crippen molar-refractivity contribution in [1.82, 2.24) is 4.37 Å². The minimum absolute atomic E-state index is 0.156. The average molecular weight is 326 g/mol. The van der Waals surface area contributed by atoms with Gasteiger partial charge in [0.2, 0.25) is 0 Å². The molecule has 0 saturated heterocycles. The summed E-state index contributed by atoms with van der Waals surface area (Å²) in [6.07, 6.45) is 0. The van der Waals surface area contributed by atoms with Crippen LogP contribution in [0.25, 0.3) is 10.4 Å². The van der Waals surface area contributed by atoms with Crippen LogP contribution >= 0.6 is 18.3 Å². The molecule has 0 aliphatic carbocycles. The topological polar surface area (TPSA) is 64.4 Å². The van der Waals surface area contributed by atoms with Crippen LogP contribution < -0.4 is 4.52 Å². The minimum atomic E-state index is -2.90. The van der Waals surface area contributed by atoms with Crippen molar-refractivity contribution in [3.05, 3.63) is 35.9 Å². The lowest BCUT2D eigenvalue weighted by atomic mass is 10.1. The Bertz CT molecular complexity index is 674. The van der Waals surface area contributed by atoms with Gasteiger partial charge in [0.25, 0.3) is 5.88 Å². The van der Waals surface area contributed by atoms with Gasteiger partial charge in [0.15, 0.2) is 0 Å². The van der Waals surface area contributed by atoms with Gasteiger partial charge in [-0.1, -0.05) is 30.3 Å². The molecule has 0 amide bonds. The smallest absolute Gasteiger partial charge is 0.381 e. The number of hydrogen-bond donors (Lipinski definition) is 0. The van der Waals surface area contributed by atoms with Gasteiger partial charge in [-0.2, -0.15) is 9.64 Å². The molecule has 0 saturated carbocycles. The fraction of sp³-hybridized carbons (Fsp3) is 0.167. The highest BCUT2D eigenvalue weighted by Gasteiger charge is 2.25. The number of rotatable bonds is 5. The van der Waals surface area contributed by atoms with Crippen LogP contribution in [0.15, 0.2) is 30.3 Å². The second kappa shape index (κ2) is 6.44. The lowest BCUT2D eigenvalue weighted by molar-refractivity contribution is 0.271. The largest absolute Gasteiger partial charge is 0.403 e. The van der Waals surface area contributed by atoms with Crippen molar-refractivity contribution in [2.45, 2.75) is 0 Å². The number of nitrogens with zero attached hydrogens (tertiary/aromatic N) is 2. The van der Waals surface area contributed by atoms with E-state index in [4.69, 9.17) is 25.4 Å². The highest BCUT2D eigenvalue weighted by Crippen LogP contribution is 2.50. The maximum atomic E-state index is 9.33. The summed E-state index contributed by atoms with van der Waals surface area (Å²) in [6, 6.07) is 11.6. The first kappa shape index (κ1) is 15.1. The molecular formula is C12H11N2O3PS2. The molecule has 0 aliphatic rings. The summed E-state index contributed by atoms with van der Waals surface area (Å²) in [5, 5.41) is 9.33. The van der Waals surface area contributed by atoms with Crippen molar-refractivity contribution in [3.8, 4) is 22.4 Å². The molecule has 2 aromatic rings. The van der Waals surface area contributed by atoms with Gasteiger partial charge < -0.3 is 13.6 Å². The van der Waals surface area contributed by atoms with Gasteiger partial charge in [-0.25, -0.2) is 0 Å². The van der Waals surface area contributed by atoms with Crippen molar-refractivity contribution in [2.24, 2.45) is 0 Å². The maximum Gasteiger partial charge on any atom is 0.381 e. The Morgan fingerprint density at radius 3 is 2.45 bits per heavy atom. The van der Waals surface area contributed by atoms with Crippen molar-refractivity contribution in [3.63, 3.8) is 0 Å². The Balaban J connectivity index is 2.42. The average Bonchev–Trinajstić information content (AvgIpc) is 2.90. The molecule has 0 N–H and O–H groups in total. The van der Waals surface area contributed by atoms with Crippen molar-refractivity contribution in [2.75, 3.05) is 14.2 Å². The normalized spacial score (nSPS) is 11.1. The SMILES string of the molecule is COP(=S)(OC)Oc1nsc(-c2ccccc2)c1C#N. The predicted octanol–water partition coefficient (Wildman–Crippen LogP) is 3.58. The van der Waals surface area contributed by atoms with Crippen LogP contribution in [0.4, 0.5) is 0 Å². The zero-order valence-electron chi connectivity index (χ0n) is 10.8. The van der Waals surface area contributed by atoms with Gasteiger partial charge in [-0.05, 0) is 17.1 Å². The van der Waals surface area contributed by atoms with Gasteiger partial charge >= 0.3 is 6.72 Å². The molecule has 0 bridgehead atoms. The Hall–Kier alpha value is -1.29. The second-order valence-corrected chi connectivity index (χ2v) is 7.50. The van der Waals surface area contributed by atoms with Crippen LogP contribution in [0.5, 0.6) is 5.88 Å². The van der Waals surface area contributed by atoms with E-state index in [0.29, 0.717) is 5.56 Å². The molecule has 104 valence electrons. The van der Waals surface area contributed by atoms with E-state index in [9.17, 15) is 5.26 Å². The molecule has 1 aromatic heterocycles. The number of aromatic nitrogens is 1. The Kier molecular flexibility index (Phi) is 4.86. The van der Waals surface area contributed by atoms with Gasteiger partial charge in [-0.3, -0.25) is 0 Å². The Labute approximate surface area is 126 Å². The summed E-state index contributed by atoms with van der Waals surface area (Å²) < 4.78 is 19.7. The summed E-state index contributed by atoms with van der Waals surface area (Å²) in [7, 11) is 2.81. The molecule has 1 heterocycles. The maximum absolute atomic E-state index is 9.33. The van der Waals surface area contributed by atoms with Gasteiger partial charge in [-0.15, -0.1) is 0 Å². The molecule has 0 spiro atoms. The van der Waals surface area contributed by atoms with E-state index in [0.717, 1.165) is 10.4 Å². The first-order valence-corrected chi connectivity index (χ1v) is 8.82. The number of hydrogen-bond acceptors (Lipinski definition) is 7. The third-order valence-electron chi connectivity index (χ3n) is 2.45. The molecule has 2 rings (SSSR count). The van der Waals surface area contributed by atoms with Crippen LogP contribution in [0.2, 0.25) is 0 Å². The van der Waals surface area contributed by atoms with E-state index in [2.05, 4.69) is 10.4 Å². The van der Waals surface area contributed by atoms with E-state index in [1.807, 2.05) is 30.3 Å². The minimum Gasteiger partial charge on any atom is -0.403 e. The van der Waals surface area contributed by atoms with Gasteiger partial charge in [0.1, 0.15) is 11.6 Å². The Morgan fingerprint density at radius 1 is 1.25 bits per heavy atom. The highest BCUT2D eigenvalue weighted by atomic mass is 32.5. The van der Waals surface area contributed by atoms with Crippen LogP contribution in [-0.4, -0.2) is 18.6 Å². The van der Waals surface area contributed by atoms with Crippen molar-refractivity contribution >= 4 is 30.1 Å². The summed E-state index contributed by atoms with van der Waals surface area (Å²) in [6.45, 7) is -2.90. The zero-order chi connectivity index (χ0) is 14.6. The molecule has 0 radical (unpaired) electrons. The van der Waals surface area contributed by atoms with E-state index < -0.39 is 6.72 Å². The zero-order valence-corrected chi connectivity index (χ0v) is 13.3. The number of nitriles is 1. The van der Waals surface area contributed by atoms with Crippen LogP contribution in [0, 0.1) is 11.3 Å². The van der Waals surface area contributed by atoms with Crippen molar-refractivity contribution in [1.29, 1.82) is 5.26 Å². The van der Waals surface area contributed by atoms with Gasteiger partial charge in [0.05, 0.1) is 4.88 Å². The number of benzene rings is 1. The summed E-state index contributed by atoms with van der Waals surface area (Å²) in [4.78, 5) is 0.733. The quantitative estimate of drug-likeness (QED) is 0.783. The monoisotopic (exact) mass is 326 g/mol. The molecule has 20 heavy (non-hydrogen) atoms. The molecule has 5 nitrogen and oxygen atoms in total. The third kappa shape index (κ3) is 3.06. The van der Waals surface area contributed by atoms with Crippen LogP contribution in [0.3, 0.4) is 0 Å². The van der Waals surface area contributed by atoms with E-state index in [1.165, 1.54) is 25.8 Å². The van der Waals surface area contributed by atoms with Crippen LogP contribution in [-0.2, 0) is 20.9 Å². The lowest BCUT2D eigenvalue weighted by Gasteiger charge is -2.16. The summed E-state index contributed by atoms with van der Waals surface area (Å²) in [5.74, 6) is 0.156. The molecule has 8 heteroatoms. The van der Waals surface area contributed by atoms with Crippen LogP contribution in [0.1, 0.15) is 5.56 Å². The first-order chi connectivity index (χ1) is 9.63. The summed E-state index contributed by atoms with van der Waals surface area (Å²) >= 11 is 6.30. The molecular weight excluding hydrogens is 315 g/mol. The lowest BCUT2D eigenvalue weighted by Crippen LogP contribution is -1.98. The molecule has 0 atom stereocenters. The second-order valence-electron chi connectivity index (χ2n) is 3.57. The molecule has 0 aliphatic heterocycles.